The van der Waals surface area contributed by atoms with E-state index in [1.165, 1.54) is 0 Å². The van der Waals surface area contributed by atoms with E-state index in [1.54, 1.807) is 0 Å². The van der Waals surface area contributed by atoms with E-state index < -0.39 is 0 Å². The zero-order valence-corrected chi connectivity index (χ0v) is 9.38. The molecule has 1 fully saturated rings. The third kappa shape index (κ3) is 1.51. The number of rotatable bonds is 3. The molecule has 0 aromatic heterocycles. The number of benzene rings is 1. The van der Waals surface area contributed by atoms with Crippen LogP contribution in [0.2, 0.25) is 0 Å². The predicted molar refractivity (Wildman–Crippen MR) is 59.2 cm³/mol. The highest BCUT2D eigenvalue weighted by Crippen LogP contribution is 2.47. The number of nitrogens with two attached hydrogens (primary N) is 1. The van der Waals surface area contributed by atoms with Crippen LogP contribution < -0.4 is 5.73 Å². The van der Waals surface area contributed by atoms with Gasteiger partial charge < -0.3 is 5.73 Å². The van der Waals surface area contributed by atoms with Gasteiger partial charge in [0.1, 0.15) is 0 Å². The molecule has 1 aliphatic carbocycles. The second-order valence-electron chi connectivity index (χ2n) is 3.79. The van der Waals surface area contributed by atoms with Crippen LogP contribution >= 0.6 is 15.9 Å². The maximum Gasteiger partial charge on any atom is 0.171 e. The molecule has 0 saturated heterocycles. The molecule has 0 aliphatic heterocycles. The molecule has 0 heterocycles. The maximum atomic E-state index is 12.1. The van der Waals surface area contributed by atoms with Crippen molar-refractivity contribution in [3.63, 3.8) is 0 Å². The summed E-state index contributed by atoms with van der Waals surface area (Å²) in [5, 5.41) is 0. The van der Waals surface area contributed by atoms with Gasteiger partial charge >= 0.3 is 0 Å². The fraction of sp³-hybridized carbons (Fsp3) is 0.364. The molecule has 74 valence electrons. The Morgan fingerprint density at radius 3 is 2.57 bits per heavy atom. The molecule has 1 saturated carbocycles. The summed E-state index contributed by atoms with van der Waals surface area (Å²) < 4.78 is 0.865. The minimum atomic E-state index is -0.246. The van der Waals surface area contributed by atoms with Gasteiger partial charge in [-0.15, -0.1) is 0 Å². The first kappa shape index (κ1) is 9.87. The molecule has 0 spiro atoms. The van der Waals surface area contributed by atoms with E-state index in [0.717, 1.165) is 22.9 Å². The largest absolute Gasteiger partial charge is 0.329 e. The van der Waals surface area contributed by atoms with Crippen molar-refractivity contribution in [3.8, 4) is 0 Å². The molecule has 0 atom stereocenters. The molecule has 2 nitrogen and oxygen atoms in total. The SMILES string of the molecule is NCC1(C(=O)c2ccccc2Br)CC1. The Bertz CT molecular complexity index is 371. The Morgan fingerprint density at radius 1 is 1.43 bits per heavy atom. The van der Waals surface area contributed by atoms with Crippen molar-refractivity contribution >= 4 is 21.7 Å². The molecule has 14 heavy (non-hydrogen) atoms. The molecule has 2 N–H and O–H groups in total. The molecule has 0 amide bonds. The summed E-state index contributed by atoms with van der Waals surface area (Å²) >= 11 is 3.38. The predicted octanol–water partition coefficient (Wildman–Crippen LogP) is 2.37. The Labute approximate surface area is 91.6 Å². The van der Waals surface area contributed by atoms with E-state index in [1.807, 2.05) is 24.3 Å². The van der Waals surface area contributed by atoms with Gasteiger partial charge in [0.2, 0.25) is 0 Å². The lowest BCUT2D eigenvalue weighted by Gasteiger charge is -2.11. The quantitative estimate of drug-likeness (QED) is 0.841. The Morgan fingerprint density at radius 2 is 2.07 bits per heavy atom. The summed E-state index contributed by atoms with van der Waals surface area (Å²) in [5.41, 5.74) is 6.13. The van der Waals surface area contributed by atoms with Crippen LogP contribution in [0.4, 0.5) is 0 Å². The molecule has 3 heteroatoms. The van der Waals surface area contributed by atoms with Crippen molar-refractivity contribution in [1.82, 2.24) is 0 Å². The molecule has 1 aromatic rings. The van der Waals surface area contributed by atoms with Gasteiger partial charge in [-0.2, -0.15) is 0 Å². The van der Waals surface area contributed by atoms with Crippen molar-refractivity contribution in [2.75, 3.05) is 6.54 Å². The molecule has 2 rings (SSSR count). The average molecular weight is 254 g/mol. The van der Waals surface area contributed by atoms with Crippen LogP contribution in [0, 0.1) is 5.41 Å². The fourth-order valence-electron chi connectivity index (χ4n) is 1.61. The van der Waals surface area contributed by atoms with Crippen molar-refractivity contribution < 1.29 is 4.79 Å². The average Bonchev–Trinajstić information content (AvgIpc) is 2.98. The summed E-state index contributed by atoms with van der Waals surface area (Å²) in [6, 6.07) is 7.52. The van der Waals surface area contributed by atoms with E-state index in [2.05, 4.69) is 15.9 Å². The summed E-state index contributed by atoms with van der Waals surface area (Å²) in [7, 11) is 0. The lowest BCUT2D eigenvalue weighted by Crippen LogP contribution is -2.25. The van der Waals surface area contributed by atoms with Gasteiger partial charge in [-0.05, 0) is 18.9 Å². The van der Waals surface area contributed by atoms with Crippen molar-refractivity contribution in [2.45, 2.75) is 12.8 Å². The first-order valence-corrected chi connectivity index (χ1v) is 5.48. The second-order valence-corrected chi connectivity index (χ2v) is 4.65. The molecule has 0 radical (unpaired) electrons. The maximum absolute atomic E-state index is 12.1. The van der Waals surface area contributed by atoms with Gasteiger partial charge in [0.05, 0.1) is 0 Å². The van der Waals surface area contributed by atoms with Crippen molar-refractivity contribution in [1.29, 1.82) is 0 Å². The lowest BCUT2D eigenvalue weighted by molar-refractivity contribution is 0.0905. The van der Waals surface area contributed by atoms with E-state index >= 15 is 0 Å². The van der Waals surface area contributed by atoms with Crippen LogP contribution in [-0.2, 0) is 0 Å². The molecule has 0 unspecified atom stereocenters. The van der Waals surface area contributed by atoms with Gasteiger partial charge in [-0.3, -0.25) is 4.79 Å². The number of ketones is 1. The van der Waals surface area contributed by atoms with E-state index in [4.69, 9.17) is 5.73 Å². The third-order valence-corrected chi connectivity index (χ3v) is 3.54. The third-order valence-electron chi connectivity index (χ3n) is 2.84. The van der Waals surface area contributed by atoms with Crippen LogP contribution in [0.15, 0.2) is 28.7 Å². The number of carbonyl (C=O) groups excluding carboxylic acids is 1. The van der Waals surface area contributed by atoms with Gasteiger partial charge in [-0.1, -0.05) is 34.1 Å². The van der Waals surface area contributed by atoms with Gasteiger partial charge in [0.25, 0.3) is 0 Å². The molecule has 1 aromatic carbocycles. The minimum Gasteiger partial charge on any atom is -0.329 e. The van der Waals surface area contributed by atoms with E-state index in [9.17, 15) is 4.79 Å². The van der Waals surface area contributed by atoms with Crippen LogP contribution in [-0.4, -0.2) is 12.3 Å². The highest BCUT2D eigenvalue weighted by molar-refractivity contribution is 9.10. The highest BCUT2D eigenvalue weighted by Gasteiger charge is 2.48. The topological polar surface area (TPSA) is 43.1 Å². The number of hydrogen-bond donors (Lipinski definition) is 1. The van der Waals surface area contributed by atoms with Crippen molar-refractivity contribution in [3.05, 3.63) is 34.3 Å². The van der Waals surface area contributed by atoms with Crippen LogP contribution in [0.25, 0.3) is 0 Å². The number of halogens is 1. The smallest absolute Gasteiger partial charge is 0.171 e. The van der Waals surface area contributed by atoms with E-state index in [0.29, 0.717) is 6.54 Å². The fourth-order valence-corrected chi connectivity index (χ4v) is 2.07. The molecular weight excluding hydrogens is 242 g/mol. The Balaban J connectivity index is 2.32. The summed E-state index contributed by atoms with van der Waals surface area (Å²) in [6.45, 7) is 0.465. The first-order chi connectivity index (χ1) is 6.69. The Kier molecular flexibility index (Phi) is 2.45. The van der Waals surface area contributed by atoms with Gasteiger partial charge in [-0.25, -0.2) is 0 Å². The van der Waals surface area contributed by atoms with Gasteiger partial charge in [0.15, 0.2) is 5.78 Å². The van der Waals surface area contributed by atoms with Gasteiger partial charge in [0, 0.05) is 22.0 Å². The first-order valence-electron chi connectivity index (χ1n) is 4.69. The Hall–Kier alpha value is -0.670. The number of hydrogen-bond acceptors (Lipinski definition) is 2. The van der Waals surface area contributed by atoms with Crippen molar-refractivity contribution in [2.24, 2.45) is 11.1 Å². The second kappa shape index (κ2) is 3.48. The molecule has 0 bridgehead atoms. The summed E-state index contributed by atoms with van der Waals surface area (Å²) in [6.07, 6.45) is 1.87. The number of Topliss-reactive ketones (excluding diaryl/α,β-unsaturated/α-hetero) is 1. The van der Waals surface area contributed by atoms with Crippen LogP contribution in [0.3, 0.4) is 0 Å². The highest BCUT2D eigenvalue weighted by atomic mass is 79.9. The number of carbonyl (C=O) groups is 1. The van der Waals surface area contributed by atoms with Crippen LogP contribution in [0.5, 0.6) is 0 Å². The summed E-state index contributed by atoms with van der Waals surface area (Å²) in [4.78, 5) is 12.1. The minimum absolute atomic E-state index is 0.187. The molecule has 1 aliphatic rings. The lowest BCUT2D eigenvalue weighted by atomic mass is 9.95. The summed E-state index contributed by atoms with van der Waals surface area (Å²) in [5.74, 6) is 0.187. The van der Waals surface area contributed by atoms with E-state index in [-0.39, 0.29) is 11.2 Å². The normalized spacial score (nSPS) is 17.9. The van der Waals surface area contributed by atoms with Crippen LogP contribution in [0.1, 0.15) is 23.2 Å². The zero-order valence-electron chi connectivity index (χ0n) is 7.79. The zero-order chi connectivity index (χ0) is 10.2. The standard InChI is InChI=1S/C11H12BrNO/c12-9-4-2-1-3-8(9)10(14)11(7-13)5-6-11/h1-4H,5-7,13H2. The monoisotopic (exact) mass is 253 g/mol. The molecular formula is C11H12BrNO.